The summed E-state index contributed by atoms with van der Waals surface area (Å²) in [4.78, 5) is 2.45. The molecular formula is C17H22ClN3O. The van der Waals surface area contributed by atoms with E-state index in [9.17, 15) is 0 Å². The number of hydrogen-bond acceptors (Lipinski definition) is 3. The van der Waals surface area contributed by atoms with Crippen molar-refractivity contribution in [3.63, 3.8) is 0 Å². The molecule has 0 saturated carbocycles. The van der Waals surface area contributed by atoms with Crippen LogP contribution in [0.5, 0.6) is 0 Å². The first-order chi connectivity index (χ1) is 10.8. The number of aromatic nitrogens is 2. The summed E-state index contributed by atoms with van der Waals surface area (Å²) >= 11 is 5.93. The second-order valence-corrected chi connectivity index (χ2v) is 6.21. The summed E-state index contributed by atoms with van der Waals surface area (Å²) in [7, 11) is 0. The van der Waals surface area contributed by atoms with Gasteiger partial charge in [-0.1, -0.05) is 41.9 Å². The van der Waals surface area contributed by atoms with Gasteiger partial charge in [0.2, 0.25) is 0 Å². The standard InChI is InChI=1S/C17H22ClN3O/c18-16-11-19-21(13-16)9-8-20(14-17-7-4-10-22-17)12-15-5-2-1-3-6-15/h1-3,5-6,11,13,17H,4,7-10,12,14H2. The third-order valence-electron chi connectivity index (χ3n) is 3.98. The zero-order valence-corrected chi connectivity index (χ0v) is 13.5. The first-order valence-electron chi connectivity index (χ1n) is 7.85. The Balaban J connectivity index is 1.59. The van der Waals surface area contributed by atoms with Gasteiger partial charge in [-0.3, -0.25) is 9.58 Å². The minimum atomic E-state index is 0.366. The van der Waals surface area contributed by atoms with E-state index in [1.54, 1.807) is 6.20 Å². The molecule has 3 rings (SSSR count). The summed E-state index contributed by atoms with van der Waals surface area (Å²) in [6.45, 7) is 4.59. The summed E-state index contributed by atoms with van der Waals surface area (Å²) in [6, 6.07) is 10.6. The van der Waals surface area contributed by atoms with E-state index in [1.807, 2.05) is 10.9 Å². The van der Waals surface area contributed by atoms with Gasteiger partial charge in [-0.05, 0) is 18.4 Å². The predicted octanol–water partition coefficient (Wildman–Crippen LogP) is 3.22. The summed E-state index contributed by atoms with van der Waals surface area (Å²) in [5, 5.41) is 4.94. The maximum absolute atomic E-state index is 5.93. The van der Waals surface area contributed by atoms with Gasteiger partial charge >= 0.3 is 0 Å². The van der Waals surface area contributed by atoms with Crippen LogP contribution >= 0.6 is 11.6 Å². The second-order valence-electron chi connectivity index (χ2n) is 5.78. The molecule has 0 N–H and O–H groups in total. The molecule has 1 atom stereocenters. The fourth-order valence-electron chi connectivity index (χ4n) is 2.86. The quantitative estimate of drug-likeness (QED) is 0.785. The fraction of sp³-hybridized carbons (Fsp3) is 0.471. The van der Waals surface area contributed by atoms with Crippen LogP contribution in [0.3, 0.4) is 0 Å². The van der Waals surface area contributed by atoms with Crippen LogP contribution in [0.2, 0.25) is 5.02 Å². The topological polar surface area (TPSA) is 30.3 Å². The van der Waals surface area contributed by atoms with Gasteiger partial charge in [0.15, 0.2) is 0 Å². The van der Waals surface area contributed by atoms with Crippen LogP contribution in [-0.4, -0.2) is 40.5 Å². The van der Waals surface area contributed by atoms with Gasteiger partial charge in [0.05, 0.1) is 23.9 Å². The van der Waals surface area contributed by atoms with E-state index in [-0.39, 0.29) is 0 Å². The molecule has 2 heterocycles. The molecule has 22 heavy (non-hydrogen) atoms. The summed E-state index contributed by atoms with van der Waals surface area (Å²) in [5.41, 5.74) is 1.33. The van der Waals surface area contributed by atoms with Gasteiger partial charge < -0.3 is 4.74 Å². The zero-order chi connectivity index (χ0) is 15.2. The average Bonchev–Trinajstić information content (AvgIpc) is 3.17. The van der Waals surface area contributed by atoms with Crippen molar-refractivity contribution in [3.05, 3.63) is 53.3 Å². The second kappa shape index (κ2) is 7.77. The number of nitrogens with zero attached hydrogens (tertiary/aromatic N) is 3. The van der Waals surface area contributed by atoms with E-state index in [0.717, 1.165) is 32.8 Å². The van der Waals surface area contributed by atoms with Crippen molar-refractivity contribution in [1.82, 2.24) is 14.7 Å². The molecule has 1 aliphatic rings. The fourth-order valence-corrected chi connectivity index (χ4v) is 3.01. The number of rotatable bonds is 7. The molecule has 2 aromatic rings. The van der Waals surface area contributed by atoms with Crippen LogP contribution in [0.15, 0.2) is 42.7 Å². The van der Waals surface area contributed by atoms with Crippen molar-refractivity contribution < 1.29 is 4.74 Å². The normalized spacial score (nSPS) is 18.2. The van der Waals surface area contributed by atoms with E-state index >= 15 is 0 Å². The Morgan fingerprint density at radius 2 is 2.18 bits per heavy atom. The highest BCUT2D eigenvalue weighted by Crippen LogP contribution is 2.15. The Hall–Kier alpha value is -1.36. The third kappa shape index (κ3) is 4.57. The molecule has 0 aliphatic carbocycles. The van der Waals surface area contributed by atoms with Crippen molar-refractivity contribution in [3.8, 4) is 0 Å². The van der Waals surface area contributed by atoms with E-state index in [4.69, 9.17) is 16.3 Å². The highest BCUT2D eigenvalue weighted by Gasteiger charge is 2.19. The van der Waals surface area contributed by atoms with Gasteiger partial charge in [0.25, 0.3) is 0 Å². The monoisotopic (exact) mass is 319 g/mol. The molecule has 1 fully saturated rings. The van der Waals surface area contributed by atoms with Crippen LogP contribution in [0.25, 0.3) is 0 Å². The van der Waals surface area contributed by atoms with Crippen LogP contribution in [0, 0.1) is 0 Å². The summed E-state index contributed by atoms with van der Waals surface area (Å²) in [5.74, 6) is 0. The Morgan fingerprint density at radius 1 is 1.32 bits per heavy atom. The maximum atomic E-state index is 5.93. The highest BCUT2D eigenvalue weighted by molar-refractivity contribution is 6.30. The summed E-state index contributed by atoms with van der Waals surface area (Å²) < 4.78 is 7.69. The summed E-state index contributed by atoms with van der Waals surface area (Å²) in [6.07, 6.45) is 6.26. The predicted molar refractivity (Wildman–Crippen MR) is 87.9 cm³/mol. The van der Waals surface area contributed by atoms with Gasteiger partial charge in [0, 0.05) is 32.4 Å². The molecule has 1 unspecified atom stereocenters. The maximum Gasteiger partial charge on any atom is 0.0785 e. The van der Waals surface area contributed by atoms with Crippen LogP contribution in [0.4, 0.5) is 0 Å². The van der Waals surface area contributed by atoms with Gasteiger partial charge in [-0.25, -0.2) is 0 Å². The number of ether oxygens (including phenoxy) is 1. The Morgan fingerprint density at radius 3 is 2.86 bits per heavy atom. The van der Waals surface area contributed by atoms with Crippen molar-refractivity contribution >= 4 is 11.6 Å². The molecule has 1 aromatic heterocycles. The molecule has 1 aromatic carbocycles. The third-order valence-corrected chi connectivity index (χ3v) is 4.18. The van der Waals surface area contributed by atoms with E-state index in [0.29, 0.717) is 11.1 Å². The minimum absolute atomic E-state index is 0.366. The number of benzene rings is 1. The lowest BCUT2D eigenvalue weighted by atomic mass is 10.2. The smallest absolute Gasteiger partial charge is 0.0785 e. The van der Waals surface area contributed by atoms with E-state index < -0.39 is 0 Å². The van der Waals surface area contributed by atoms with Crippen LogP contribution < -0.4 is 0 Å². The molecule has 1 saturated heterocycles. The molecule has 1 aliphatic heterocycles. The molecular weight excluding hydrogens is 298 g/mol. The van der Waals surface area contributed by atoms with Crippen molar-refractivity contribution in [2.24, 2.45) is 0 Å². The minimum Gasteiger partial charge on any atom is -0.377 e. The number of halogens is 1. The van der Waals surface area contributed by atoms with Crippen LogP contribution in [0.1, 0.15) is 18.4 Å². The lowest BCUT2D eigenvalue weighted by molar-refractivity contribution is 0.0689. The average molecular weight is 320 g/mol. The molecule has 4 nitrogen and oxygen atoms in total. The highest BCUT2D eigenvalue weighted by atomic mass is 35.5. The lowest BCUT2D eigenvalue weighted by Gasteiger charge is -2.25. The van der Waals surface area contributed by atoms with E-state index in [1.165, 1.54) is 18.4 Å². The van der Waals surface area contributed by atoms with E-state index in [2.05, 4.69) is 40.3 Å². The SMILES string of the molecule is Clc1cnn(CCN(Cc2ccccc2)CC2CCCO2)c1. The van der Waals surface area contributed by atoms with Gasteiger partial charge in [-0.2, -0.15) is 5.10 Å². The van der Waals surface area contributed by atoms with Crippen molar-refractivity contribution in [2.45, 2.75) is 32.0 Å². The first kappa shape index (κ1) is 15.5. The Bertz CT molecular complexity index is 566. The number of hydrogen-bond donors (Lipinski definition) is 0. The zero-order valence-electron chi connectivity index (χ0n) is 12.7. The molecule has 5 heteroatoms. The van der Waals surface area contributed by atoms with Gasteiger partial charge in [0.1, 0.15) is 0 Å². The Labute approximate surface area is 136 Å². The Kier molecular flexibility index (Phi) is 5.48. The van der Waals surface area contributed by atoms with Gasteiger partial charge in [-0.15, -0.1) is 0 Å². The van der Waals surface area contributed by atoms with Crippen molar-refractivity contribution in [2.75, 3.05) is 19.7 Å². The lowest BCUT2D eigenvalue weighted by Crippen LogP contribution is -2.34. The molecule has 0 radical (unpaired) electrons. The van der Waals surface area contributed by atoms with Crippen molar-refractivity contribution in [1.29, 1.82) is 0 Å². The molecule has 0 spiro atoms. The van der Waals surface area contributed by atoms with Crippen LogP contribution in [-0.2, 0) is 17.8 Å². The molecule has 0 bridgehead atoms. The molecule has 0 amide bonds. The first-order valence-corrected chi connectivity index (χ1v) is 8.23. The largest absolute Gasteiger partial charge is 0.377 e. The molecule has 118 valence electrons.